The van der Waals surface area contributed by atoms with Crippen LogP contribution in [0.25, 0.3) is 0 Å². The molecular weight excluding hydrogens is 270 g/mol. The van der Waals surface area contributed by atoms with Gasteiger partial charge in [0.15, 0.2) is 0 Å². The second kappa shape index (κ2) is 5.45. The van der Waals surface area contributed by atoms with E-state index >= 15 is 0 Å². The third-order valence-electron chi connectivity index (χ3n) is 2.34. The van der Waals surface area contributed by atoms with Gasteiger partial charge in [0.2, 0.25) is 0 Å². The molecule has 0 aliphatic heterocycles. The van der Waals surface area contributed by atoms with Gasteiger partial charge < -0.3 is 5.32 Å². The van der Waals surface area contributed by atoms with E-state index in [1.807, 2.05) is 0 Å². The molecule has 0 saturated heterocycles. The number of amides is 1. The molecule has 2 rings (SSSR count). The minimum absolute atomic E-state index is 0.0886. The predicted molar refractivity (Wildman–Crippen MR) is 70.3 cm³/mol. The van der Waals surface area contributed by atoms with Crippen LogP contribution in [0.1, 0.15) is 10.4 Å². The van der Waals surface area contributed by atoms with Crippen molar-refractivity contribution >= 4 is 28.9 Å². The molecule has 1 heterocycles. The SMILES string of the molecule is O=C(Nc1ccncc1)c1cc(Cl)ccc1[N+](=O)[O-]. The molecule has 19 heavy (non-hydrogen) atoms. The maximum Gasteiger partial charge on any atom is 0.282 e. The lowest BCUT2D eigenvalue weighted by Crippen LogP contribution is -2.14. The van der Waals surface area contributed by atoms with Crippen molar-refractivity contribution in [3.8, 4) is 0 Å². The van der Waals surface area contributed by atoms with E-state index in [0.717, 1.165) is 0 Å². The lowest BCUT2D eigenvalue weighted by Gasteiger charge is -2.05. The first-order valence-corrected chi connectivity index (χ1v) is 5.61. The highest BCUT2D eigenvalue weighted by atomic mass is 35.5. The van der Waals surface area contributed by atoms with Crippen molar-refractivity contribution in [2.24, 2.45) is 0 Å². The standard InChI is InChI=1S/C12H8ClN3O3/c13-8-1-2-11(16(18)19)10(7-8)12(17)15-9-3-5-14-6-4-9/h1-7H,(H,14,15,17). The molecule has 96 valence electrons. The molecular formula is C12H8ClN3O3. The van der Waals surface area contributed by atoms with Crippen molar-refractivity contribution in [2.45, 2.75) is 0 Å². The molecule has 0 saturated carbocycles. The van der Waals surface area contributed by atoms with Crippen LogP contribution in [0.4, 0.5) is 11.4 Å². The number of hydrogen-bond donors (Lipinski definition) is 1. The van der Waals surface area contributed by atoms with Crippen LogP contribution in [0.5, 0.6) is 0 Å². The Morgan fingerprint density at radius 1 is 1.26 bits per heavy atom. The molecule has 0 aliphatic carbocycles. The van der Waals surface area contributed by atoms with E-state index in [1.165, 1.54) is 30.6 Å². The number of carbonyl (C=O) groups excluding carboxylic acids is 1. The van der Waals surface area contributed by atoms with Crippen LogP contribution in [0, 0.1) is 10.1 Å². The van der Waals surface area contributed by atoms with Gasteiger partial charge in [-0.2, -0.15) is 0 Å². The third kappa shape index (κ3) is 3.05. The van der Waals surface area contributed by atoms with Crippen molar-refractivity contribution < 1.29 is 9.72 Å². The summed E-state index contributed by atoms with van der Waals surface area (Å²) in [4.78, 5) is 26.0. The first kappa shape index (κ1) is 13.0. The maximum atomic E-state index is 12.0. The van der Waals surface area contributed by atoms with Crippen molar-refractivity contribution in [1.29, 1.82) is 0 Å². The van der Waals surface area contributed by atoms with Crippen LogP contribution in [0.3, 0.4) is 0 Å². The Balaban J connectivity index is 2.33. The fourth-order valence-corrected chi connectivity index (χ4v) is 1.66. The van der Waals surface area contributed by atoms with E-state index in [1.54, 1.807) is 12.1 Å². The minimum atomic E-state index is -0.627. The molecule has 0 fully saturated rings. The van der Waals surface area contributed by atoms with E-state index in [-0.39, 0.29) is 16.3 Å². The van der Waals surface area contributed by atoms with E-state index in [2.05, 4.69) is 10.3 Å². The predicted octanol–water partition coefficient (Wildman–Crippen LogP) is 2.90. The lowest BCUT2D eigenvalue weighted by atomic mass is 10.1. The largest absolute Gasteiger partial charge is 0.322 e. The average molecular weight is 278 g/mol. The number of benzene rings is 1. The molecule has 6 nitrogen and oxygen atoms in total. The van der Waals surface area contributed by atoms with E-state index in [9.17, 15) is 14.9 Å². The molecule has 2 aromatic rings. The number of rotatable bonds is 3. The fraction of sp³-hybridized carbons (Fsp3) is 0. The number of aromatic nitrogens is 1. The number of carbonyl (C=O) groups is 1. The van der Waals surface area contributed by atoms with Gasteiger partial charge in [0.1, 0.15) is 5.56 Å². The van der Waals surface area contributed by atoms with Gasteiger partial charge in [-0.05, 0) is 24.3 Å². The summed E-state index contributed by atoms with van der Waals surface area (Å²) >= 11 is 5.76. The number of halogens is 1. The highest BCUT2D eigenvalue weighted by Gasteiger charge is 2.20. The zero-order valence-electron chi connectivity index (χ0n) is 9.54. The van der Waals surface area contributed by atoms with Gasteiger partial charge in [-0.1, -0.05) is 11.6 Å². The lowest BCUT2D eigenvalue weighted by molar-refractivity contribution is -0.385. The Labute approximate surface area is 113 Å². The normalized spacial score (nSPS) is 9.95. The van der Waals surface area contributed by atoms with Crippen LogP contribution in [0.15, 0.2) is 42.7 Å². The summed E-state index contributed by atoms with van der Waals surface area (Å²) in [7, 11) is 0. The molecule has 0 unspecified atom stereocenters. The first-order valence-electron chi connectivity index (χ1n) is 5.23. The summed E-state index contributed by atoms with van der Waals surface area (Å²) in [6.45, 7) is 0. The van der Waals surface area contributed by atoms with E-state index in [0.29, 0.717) is 5.69 Å². The Hall–Kier alpha value is -2.47. The second-order valence-corrected chi connectivity index (χ2v) is 4.05. The highest BCUT2D eigenvalue weighted by molar-refractivity contribution is 6.31. The van der Waals surface area contributed by atoms with Gasteiger partial charge in [-0.25, -0.2) is 0 Å². The molecule has 0 atom stereocenters. The first-order chi connectivity index (χ1) is 9.08. The van der Waals surface area contributed by atoms with Crippen LogP contribution in [-0.4, -0.2) is 15.8 Å². The number of pyridine rings is 1. The Morgan fingerprint density at radius 2 is 1.95 bits per heavy atom. The molecule has 0 bridgehead atoms. The fourth-order valence-electron chi connectivity index (χ4n) is 1.48. The molecule has 1 aromatic heterocycles. The Bertz CT molecular complexity index is 631. The zero-order valence-corrected chi connectivity index (χ0v) is 10.3. The Kier molecular flexibility index (Phi) is 3.72. The quantitative estimate of drug-likeness (QED) is 0.690. The van der Waals surface area contributed by atoms with Crippen LogP contribution < -0.4 is 5.32 Å². The van der Waals surface area contributed by atoms with Crippen molar-refractivity contribution in [1.82, 2.24) is 4.98 Å². The number of nitrogens with one attached hydrogen (secondary N) is 1. The molecule has 7 heteroatoms. The van der Waals surface area contributed by atoms with Crippen LogP contribution in [0.2, 0.25) is 5.02 Å². The van der Waals surface area contributed by atoms with Crippen molar-refractivity contribution in [3.63, 3.8) is 0 Å². The number of hydrogen-bond acceptors (Lipinski definition) is 4. The van der Waals surface area contributed by atoms with Crippen molar-refractivity contribution in [3.05, 3.63) is 63.4 Å². The number of nitro groups is 1. The summed E-state index contributed by atoms with van der Waals surface area (Å²) in [5, 5.41) is 13.7. The summed E-state index contributed by atoms with van der Waals surface area (Å²) in [5.41, 5.74) is 0.111. The zero-order chi connectivity index (χ0) is 13.8. The van der Waals surface area contributed by atoms with Gasteiger partial charge >= 0.3 is 0 Å². The smallest absolute Gasteiger partial charge is 0.282 e. The summed E-state index contributed by atoms with van der Waals surface area (Å²) < 4.78 is 0. The minimum Gasteiger partial charge on any atom is -0.322 e. The van der Waals surface area contributed by atoms with Crippen LogP contribution >= 0.6 is 11.6 Å². The highest BCUT2D eigenvalue weighted by Crippen LogP contribution is 2.23. The molecule has 0 spiro atoms. The maximum absolute atomic E-state index is 12.0. The average Bonchev–Trinajstić information content (AvgIpc) is 2.39. The van der Waals surface area contributed by atoms with Gasteiger partial charge in [-0.15, -0.1) is 0 Å². The second-order valence-electron chi connectivity index (χ2n) is 3.61. The summed E-state index contributed by atoms with van der Waals surface area (Å²) in [6, 6.07) is 6.98. The monoisotopic (exact) mass is 277 g/mol. The summed E-state index contributed by atoms with van der Waals surface area (Å²) in [5.74, 6) is -0.597. The van der Waals surface area contributed by atoms with Gasteiger partial charge in [-0.3, -0.25) is 19.9 Å². The topological polar surface area (TPSA) is 85.1 Å². The molecule has 0 aliphatic rings. The number of nitrogens with zero attached hydrogens (tertiary/aromatic N) is 2. The van der Waals surface area contributed by atoms with Gasteiger partial charge in [0.25, 0.3) is 11.6 Å². The molecule has 0 radical (unpaired) electrons. The molecule has 1 amide bonds. The molecule has 1 aromatic carbocycles. The van der Waals surface area contributed by atoms with Gasteiger partial charge in [0, 0.05) is 29.2 Å². The molecule has 1 N–H and O–H groups in total. The third-order valence-corrected chi connectivity index (χ3v) is 2.57. The van der Waals surface area contributed by atoms with Crippen LogP contribution in [-0.2, 0) is 0 Å². The number of anilines is 1. The van der Waals surface area contributed by atoms with Gasteiger partial charge in [0.05, 0.1) is 4.92 Å². The summed E-state index contributed by atoms with van der Waals surface area (Å²) in [6.07, 6.45) is 3.00. The van der Waals surface area contributed by atoms with E-state index < -0.39 is 10.8 Å². The van der Waals surface area contributed by atoms with E-state index in [4.69, 9.17) is 11.6 Å². The Morgan fingerprint density at radius 3 is 2.58 bits per heavy atom. The van der Waals surface area contributed by atoms with Crippen molar-refractivity contribution in [2.75, 3.05) is 5.32 Å². The number of nitro benzene ring substituents is 1.